The summed E-state index contributed by atoms with van der Waals surface area (Å²) in [5.74, 6) is -0.316. The van der Waals surface area contributed by atoms with Crippen LogP contribution in [0.3, 0.4) is 0 Å². The molecule has 0 radical (unpaired) electrons. The largest absolute Gasteiger partial charge is 0.369 e. The summed E-state index contributed by atoms with van der Waals surface area (Å²) in [6, 6.07) is 17.1. The topological polar surface area (TPSA) is 59.2 Å². The number of carbonyl (C=O) groups excluding carboxylic acids is 1. The van der Waals surface area contributed by atoms with E-state index < -0.39 is 0 Å². The Morgan fingerprint density at radius 2 is 1.97 bits per heavy atom. The quantitative estimate of drug-likeness (QED) is 0.606. The molecule has 4 nitrogen and oxygen atoms in total. The van der Waals surface area contributed by atoms with Crippen molar-refractivity contribution in [3.05, 3.63) is 70.9 Å². The van der Waals surface area contributed by atoms with Crippen LogP contribution in [-0.2, 0) is 10.3 Å². The maximum absolute atomic E-state index is 12.0. The van der Waals surface area contributed by atoms with Crippen LogP contribution in [0.4, 0.5) is 5.69 Å². The highest BCUT2D eigenvalue weighted by molar-refractivity contribution is 6.31. The zero-order chi connectivity index (χ0) is 20.9. The molecule has 5 heteroatoms. The summed E-state index contributed by atoms with van der Waals surface area (Å²) < 4.78 is 0. The Kier molecular flexibility index (Phi) is 4.70. The van der Waals surface area contributed by atoms with Gasteiger partial charge in [-0.15, -0.1) is 0 Å². The van der Waals surface area contributed by atoms with Gasteiger partial charge in [0.05, 0.1) is 11.1 Å². The third-order valence-electron chi connectivity index (χ3n) is 7.11. The summed E-state index contributed by atoms with van der Waals surface area (Å²) in [7, 11) is 0. The molecule has 0 saturated heterocycles. The highest BCUT2D eigenvalue weighted by Gasteiger charge is 2.54. The van der Waals surface area contributed by atoms with Gasteiger partial charge in [0, 0.05) is 34.3 Å². The minimum absolute atomic E-state index is 0.107. The molecule has 1 amide bonds. The van der Waals surface area contributed by atoms with E-state index in [4.69, 9.17) is 17.3 Å². The van der Waals surface area contributed by atoms with E-state index in [-0.39, 0.29) is 17.4 Å². The lowest BCUT2D eigenvalue weighted by molar-refractivity contribution is -0.126. The molecule has 2 aliphatic rings. The van der Waals surface area contributed by atoms with Gasteiger partial charge in [-0.2, -0.15) is 0 Å². The summed E-state index contributed by atoms with van der Waals surface area (Å²) in [6.07, 6.45) is 6.83. The molecule has 0 bridgehead atoms. The van der Waals surface area contributed by atoms with Gasteiger partial charge < -0.3 is 10.6 Å². The summed E-state index contributed by atoms with van der Waals surface area (Å²) in [5, 5.41) is 1.90. The first-order valence-electron chi connectivity index (χ1n) is 10.7. The monoisotopic (exact) mass is 419 g/mol. The minimum atomic E-state index is -0.276. The van der Waals surface area contributed by atoms with Crippen LogP contribution in [0.15, 0.2) is 54.7 Å². The predicted molar refractivity (Wildman–Crippen MR) is 122 cm³/mol. The fourth-order valence-corrected chi connectivity index (χ4v) is 5.45. The standard InChI is InChI=1S/C25H26ClN3O/c1-16-21(8-3-9-22(16)26)25(14-18(15-25)24(27)30)29(19-6-2-7-19)20-11-10-17-5-4-12-28-23(17)13-20/h3-5,8-13,18-19H,2,6-7,14-15H2,1H3,(H2,27,30). The van der Waals surface area contributed by atoms with Crippen LogP contribution in [0, 0.1) is 12.8 Å². The molecule has 1 heterocycles. The Hall–Kier alpha value is -2.59. The van der Waals surface area contributed by atoms with Crippen LogP contribution < -0.4 is 10.6 Å². The van der Waals surface area contributed by atoms with E-state index in [9.17, 15) is 4.79 Å². The molecule has 1 aromatic heterocycles. The normalized spacial score (nSPS) is 23.6. The van der Waals surface area contributed by atoms with Gasteiger partial charge >= 0.3 is 0 Å². The highest BCUT2D eigenvalue weighted by atomic mass is 35.5. The molecule has 154 valence electrons. The number of primary amides is 1. The average molecular weight is 420 g/mol. The van der Waals surface area contributed by atoms with Gasteiger partial charge in [-0.1, -0.05) is 35.9 Å². The van der Waals surface area contributed by atoms with Gasteiger partial charge in [0.15, 0.2) is 0 Å². The number of fused-ring (bicyclic) bond motifs is 1. The van der Waals surface area contributed by atoms with Gasteiger partial charge in [0.25, 0.3) is 0 Å². The maximum atomic E-state index is 12.0. The number of aromatic nitrogens is 1. The van der Waals surface area contributed by atoms with Crippen molar-refractivity contribution in [3.63, 3.8) is 0 Å². The number of pyridine rings is 1. The third kappa shape index (κ3) is 2.97. The second-order valence-corrected chi connectivity index (χ2v) is 9.19. The first kappa shape index (κ1) is 19.4. The smallest absolute Gasteiger partial charge is 0.220 e. The Labute approximate surface area is 182 Å². The van der Waals surface area contributed by atoms with E-state index in [2.05, 4.69) is 47.1 Å². The number of halogens is 1. The van der Waals surface area contributed by atoms with Crippen LogP contribution in [0.2, 0.25) is 5.02 Å². The molecule has 30 heavy (non-hydrogen) atoms. The van der Waals surface area contributed by atoms with Crippen LogP contribution in [0.1, 0.15) is 43.2 Å². The molecule has 2 N–H and O–H groups in total. The van der Waals surface area contributed by atoms with E-state index in [1.807, 2.05) is 24.4 Å². The summed E-state index contributed by atoms with van der Waals surface area (Å²) in [5.41, 5.74) is 9.88. The Bertz CT molecular complexity index is 1120. The molecule has 2 aliphatic carbocycles. The van der Waals surface area contributed by atoms with Gasteiger partial charge in [-0.05, 0) is 74.4 Å². The fourth-order valence-electron chi connectivity index (χ4n) is 5.27. The lowest BCUT2D eigenvalue weighted by Crippen LogP contribution is -2.62. The zero-order valence-corrected chi connectivity index (χ0v) is 17.9. The fraction of sp³-hybridized carbons (Fsp3) is 0.360. The Morgan fingerprint density at radius 1 is 1.17 bits per heavy atom. The van der Waals surface area contributed by atoms with Crippen molar-refractivity contribution in [1.82, 2.24) is 4.98 Å². The van der Waals surface area contributed by atoms with Crippen LogP contribution >= 0.6 is 11.6 Å². The van der Waals surface area contributed by atoms with E-state index in [0.717, 1.165) is 52.9 Å². The molecule has 0 unspecified atom stereocenters. The van der Waals surface area contributed by atoms with E-state index in [1.54, 1.807) is 0 Å². The van der Waals surface area contributed by atoms with Crippen molar-refractivity contribution in [1.29, 1.82) is 0 Å². The number of hydrogen-bond donors (Lipinski definition) is 1. The van der Waals surface area contributed by atoms with Crippen molar-refractivity contribution < 1.29 is 4.79 Å². The molecule has 2 aromatic carbocycles. The number of nitrogens with zero attached hydrogens (tertiary/aromatic N) is 2. The summed E-state index contributed by atoms with van der Waals surface area (Å²) >= 11 is 6.54. The maximum Gasteiger partial charge on any atom is 0.220 e. The van der Waals surface area contributed by atoms with Crippen molar-refractivity contribution in [3.8, 4) is 0 Å². The molecule has 3 aromatic rings. The van der Waals surface area contributed by atoms with Gasteiger partial charge in [-0.3, -0.25) is 9.78 Å². The lowest BCUT2D eigenvalue weighted by atomic mass is 9.61. The number of carbonyl (C=O) groups is 1. The van der Waals surface area contributed by atoms with Crippen LogP contribution in [0.25, 0.3) is 10.9 Å². The van der Waals surface area contributed by atoms with E-state index in [1.165, 1.54) is 12.0 Å². The lowest BCUT2D eigenvalue weighted by Gasteiger charge is -2.59. The zero-order valence-electron chi connectivity index (χ0n) is 17.1. The van der Waals surface area contributed by atoms with Crippen molar-refractivity contribution in [2.24, 2.45) is 11.7 Å². The molecule has 5 rings (SSSR count). The molecule has 0 atom stereocenters. The van der Waals surface area contributed by atoms with Crippen molar-refractivity contribution in [2.45, 2.75) is 50.6 Å². The van der Waals surface area contributed by atoms with E-state index >= 15 is 0 Å². The van der Waals surface area contributed by atoms with Crippen LogP contribution in [0.5, 0.6) is 0 Å². The molecular formula is C25H26ClN3O. The van der Waals surface area contributed by atoms with Crippen molar-refractivity contribution >= 4 is 34.1 Å². The second kappa shape index (κ2) is 7.28. The molecule has 2 fully saturated rings. The van der Waals surface area contributed by atoms with Gasteiger partial charge in [0.2, 0.25) is 5.91 Å². The number of nitrogens with two attached hydrogens (primary N) is 1. The van der Waals surface area contributed by atoms with Crippen molar-refractivity contribution in [2.75, 3.05) is 4.90 Å². The second-order valence-electron chi connectivity index (χ2n) is 8.79. The van der Waals surface area contributed by atoms with Gasteiger partial charge in [-0.25, -0.2) is 0 Å². The summed E-state index contributed by atoms with van der Waals surface area (Å²) in [4.78, 5) is 19.1. The average Bonchev–Trinajstić information content (AvgIpc) is 2.67. The Balaban J connectivity index is 1.67. The highest BCUT2D eigenvalue weighted by Crippen LogP contribution is 2.55. The number of amides is 1. The number of hydrogen-bond acceptors (Lipinski definition) is 3. The van der Waals surface area contributed by atoms with Gasteiger partial charge in [0.1, 0.15) is 0 Å². The minimum Gasteiger partial charge on any atom is -0.369 e. The first-order chi connectivity index (χ1) is 14.5. The molecule has 0 spiro atoms. The molecule has 2 saturated carbocycles. The molecule has 0 aliphatic heterocycles. The number of rotatable bonds is 5. The first-order valence-corrected chi connectivity index (χ1v) is 11.1. The number of benzene rings is 2. The third-order valence-corrected chi connectivity index (χ3v) is 7.52. The number of anilines is 1. The summed E-state index contributed by atoms with van der Waals surface area (Å²) in [6.45, 7) is 2.08. The van der Waals surface area contributed by atoms with E-state index in [0.29, 0.717) is 6.04 Å². The van der Waals surface area contributed by atoms with Crippen LogP contribution in [-0.4, -0.2) is 16.9 Å². The predicted octanol–water partition coefficient (Wildman–Crippen LogP) is 5.35. The Morgan fingerprint density at radius 3 is 2.67 bits per heavy atom. The SMILES string of the molecule is Cc1c(Cl)cccc1C1(N(c2ccc3cccnc3c2)C2CCC2)CC(C(N)=O)C1. The molecular weight excluding hydrogens is 394 g/mol.